The van der Waals surface area contributed by atoms with E-state index < -0.39 is 6.04 Å². The van der Waals surface area contributed by atoms with Gasteiger partial charge in [-0.25, -0.2) is 4.79 Å². The van der Waals surface area contributed by atoms with Crippen LogP contribution >= 0.6 is 0 Å². The van der Waals surface area contributed by atoms with Gasteiger partial charge in [-0.1, -0.05) is 30.3 Å². The molecule has 3 amide bonds. The second-order valence-corrected chi connectivity index (χ2v) is 5.92. The molecule has 126 valence electrons. The first-order valence-corrected chi connectivity index (χ1v) is 7.99. The summed E-state index contributed by atoms with van der Waals surface area (Å²) in [5, 5.41) is 5.62. The minimum absolute atomic E-state index is 0.102. The summed E-state index contributed by atoms with van der Waals surface area (Å²) in [5.74, 6) is 0.622. The van der Waals surface area contributed by atoms with E-state index in [1.165, 1.54) is 0 Å². The van der Waals surface area contributed by atoms with Crippen LogP contribution in [0.3, 0.4) is 0 Å². The molecule has 0 spiro atoms. The van der Waals surface area contributed by atoms with Gasteiger partial charge in [0.05, 0.1) is 31.0 Å². The highest BCUT2D eigenvalue weighted by atomic mass is 16.5. The van der Waals surface area contributed by atoms with Gasteiger partial charge < -0.3 is 20.3 Å². The molecule has 0 bridgehead atoms. The van der Waals surface area contributed by atoms with Crippen molar-refractivity contribution in [1.29, 1.82) is 0 Å². The summed E-state index contributed by atoms with van der Waals surface area (Å²) in [7, 11) is 1.60. The van der Waals surface area contributed by atoms with Gasteiger partial charge in [-0.05, 0) is 29.8 Å². The number of methoxy groups -OCH3 is 1. The van der Waals surface area contributed by atoms with Crippen molar-refractivity contribution in [2.45, 2.75) is 6.04 Å². The number of rotatable bonds is 3. The Morgan fingerprint density at radius 3 is 2.44 bits per heavy atom. The van der Waals surface area contributed by atoms with E-state index in [1.54, 1.807) is 12.0 Å². The third kappa shape index (κ3) is 2.61. The van der Waals surface area contributed by atoms with Crippen LogP contribution in [-0.4, -0.2) is 25.6 Å². The van der Waals surface area contributed by atoms with Crippen LogP contribution in [-0.2, 0) is 4.79 Å². The first-order chi connectivity index (χ1) is 12.2. The molecule has 2 heterocycles. The molecule has 2 aliphatic heterocycles. The van der Waals surface area contributed by atoms with Gasteiger partial charge in [-0.15, -0.1) is 0 Å². The predicted molar refractivity (Wildman–Crippen MR) is 93.2 cm³/mol. The average Bonchev–Trinajstić information content (AvgIpc) is 2.98. The van der Waals surface area contributed by atoms with Gasteiger partial charge in [-0.3, -0.25) is 4.79 Å². The van der Waals surface area contributed by atoms with E-state index in [4.69, 9.17) is 4.74 Å². The Kier molecular flexibility index (Phi) is 3.65. The number of carbonyl (C=O) groups is 2. The van der Waals surface area contributed by atoms with E-state index in [0.29, 0.717) is 17.8 Å². The van der Waals surface area contributed by atoms with Crippen molar-refractivity contribution in [2.24, 2.45) is 0 Å². The molecule has 1 unspecified atom stereocenters. The summed E-state index contributed by atoms with van der Waals surface area (Å²) in [4.78, 5) is 26.7. The number of para-hydroxylation sites is 1. The van der Waals surface area contributed by atoms with E-state index in [1.807, 2.05) is 54.6 Å². The van der Waals surface area contributed by atoms with Crippen LogP contribution in [0.25, 0.3) is 0 Å². The second-order valence-electron chi connectivity index (χ2n) is 5.92. The van der Waals surface area contributed by atoms with Gasteiger partial charge in [0.2, 0.25) is 0 Å². The zero-order chi connectivity index (χ0) is 17.4. The van der Waals surface area contributed by atoms with Gasteiger partial charge in [0.15, 0.2) is 0 Å². The van der Waals surface area contributed by atoms with Crippen molar-refractivity contribution in [2.75, 3.05) is 18.6 Å². The number of nitrogens with zero attached hydrogens (tertiary/aromatic N) is 1. The Hall–Kier alpha value is -3.28. The summed E-state index contributed by atoms with van der Waals surface area (Å²) in [5.41, 5.74) is 2.88. The lowest BCUT2D eigenvalue weighted by molar-refractivity contribution is -0.114. The number of amides is 3. The Labute approximate surface area is 145 Å². The van der Waals surface area contributed by atoms with Crippen molar-refractivity contribution in [3.05, 3.63) is 71.4 Å². The average molecular weight is 335 g/mol. The van der Waals surface area contributed by atoms with Crippen LogP contribution in [0.5, 0.6) is 5.75 Å². The van der Waals surface area contributed by atoms with Gasteiger partial charge in [-0.2, -0.15) is 0 Å². The molecule has 2 N–H and O–H groups in total. The maximum Gasteiger partial charge on any atom is 0.319 e. The first-order valence-electron chi connectivity index (χ1n) is 7.99. The van der Waals surface area contributed by atoms with E-state index in [2.05, 4.69) is 10.6 Å². The molecular formula is C19H17N3O3. The van der Waals surface area contributed by atoms with Crippen LogP contribution in [0.4, 0.5) is 10.5 Å². The second kappa shape index (κ2) is 5.98. The van der Waals surface area contributed by atoms with Crippen molar-refractivity contribution >= 4 is 17.6 Å². The molecule has 0 aromatic heterocycles. The van der Waals surface area contributed by atoms with Crippen molar-refractivity contribution in [1.82, 2.24) is 10.6 Å². The molecule has 0 saturated carbocycles. The molecule has 0 aliphatic carbocycles. The number of urea groups is 1. The maximum absolute atomic E-state index is 13.0. The number of hydrogen-bond acceptors (Lipinski definition) is 3. The third-order valence-corrected chi connectivity index (χ3v) is 4.46. The number of carbonyl (C=O) groups excluding carboxylic acids is 2. The molecule has 2 aromatic carbocycles. The smallest absolute Gasteiger partial charge is 0.319 e. The number of nitrogens with one attached hydrogen (secondary N) is 2. The highest BCUT2D eigenvalue weighted by molar-refractivity contribution is 6.11. The molecular weight excluding hydrogens is 318 g/mol. The van der Waals surface area contributed by atoms with Crippen molar-refractivity contribution in [3.63, 3.8) is 0 Å². The summed E-state index contributed by atoms with van der Waals surface area (Å²) in [6.07, 6.45) is 0. The molecule has 2 aliphatic rings. The molecule has 4 rings (SSSR count). The van der Waals surface area contributed by atoms with Crippen molar-refractivity contribution in [3.8, 4) is 5.75 Å². The number of benzene rings is 2. The monoisotopic (exact) mass is 335 g/mol. The fourth-order valence-electron chi connectivity index (χ4n) is 3.23. The highest BCUT2D eigenvalue weighted by Gasteiger charge is 2.40. The standard InChI is InChI=1S/C19H17N3O3/c1-25-14-9-7-12(8-10-14)17-16-15(20-19(24)21-17)11-22(18(16)23)13-5-3-2-4-6-13/h2-10,17H,11H2,1H3,(H2,20,21,24). The molecule has 6 nitrogen and oxygen atoms in total. The quantitative estimate of drug-likeness (QED) is 0.904. The number of anilines is 1. The largest absolute Gasteiger partial charge is 0.497 e. The Morgan fingerprint density at radius 2 is 1.76 bits per heavy atom. The van der Waals surface area contributed by atoms with Crippen molar-refractivity contribution < 1.29 is 14.3 Å². The van der Waals surface area contributed by atoms with Crippen LogP contribution in [0.2, 0.25) is 0 Å². The topological polar surface area (TPSA) is 70.7 Å². The third-order valence-electron chi connectivity index (χ3n) is 4.46. The Balaban J connectivity index is 1.70. The Bertz CT molecular complexity index is 859. The zero-order valence-electron chi connectivity index (χ0n) is 13.7. The lowest BCUT2D eigenvalue weighted by Crippen LogP contribution is -2.44. The minimum Gasteiger partial charge on any atom is -0.497 e. The lowest BCUT2D eigenvalue weighted by Gasteiger charge is -2.25. The van der Waals surface area contributed by atoms with Crippen LogP contribution < -0.4 is 20.3 Å². The summed E-state index contributed by atoms with van der Waals surface area (Å²) < 4.78 is 5.17. The molecule has 1 atom stereocenters. The molecule has 0 radical (unpaired) electrons. The van der Waals surface area contributed by atoms with Gasteiger partial charge >= 0.3 is 6.03 Å². The van der Waals surface area contributed by atoms with Gasteiger partial charge in [0.1, 0.15) is 5.75 Å². The SMILES string of the molecule is COc1ccc(C2NC(=O)NC3=C2C(=O)N(c2ccccc2)C3)cc1. The molecule has 25 heavy (non-hydrogen) atoms. The van der Waals surface area contributed by atoms with Gasteiger partial charge in [0, 0.05) is 5.69 Å². The maximum atomic E-state index is 13.0. The number of hydrogen-bond donors (Lipinski definition) is 2. The van der Waals surface area contributed by atoms with Crippen LogP contribution in [0.15, 0.2) is 65.9 Å². The summed E-state index contributed by atoms with van der Waals surface area (Å²) in [6.45, 7) is 0.359. The fraction of sp³-hybridized carbons (Fsp3) is 0.158. The normalized spacial score (nSPS) is 19.4. The van der Waals surface area contributed by atoms with Crippen LogP contribution in [0, 0.1) is 0 Å². The van der Waals surface area contributed by atoms with Crippen LogP contribution in [0.1, 0.15) is 11.6 Å². The molecule has 0 fully saturated rings. The minimum atomic E-state index is -0.476. The summed E-state index contributed by atoms with van der Waals surface area (Å²) in [6, 6.07) is 16.0. The highest BCUT2D eigenvalue weighted by Crippen LogP contribution is 2.35. The summed E-state index contributed by atoms with van der Waals surface area (Å²) >= 11 is 0. The van der Waals surface area contributed by atoms with E-state index in [9.17, 15) is 9.59 Å². The molecule has 2 aromatic rings. The van der Waals surface area contributed by atoms with E-state index >= 15 is 0 Å². The Morgan fingerprint density at radius 1 is 1.04 bits per heavy atom. The first kappa shape index (κ1) is 15.3. The van der Waals surface area contributed by atoms with E-state index in [0.717, 1.165) is 17.0 Å². The fourth-order valence-corrected chi connectivity index (χ4v) is 3.23. The predicted octanol–water partition coefficient (Wildman–Crippen LogP) is 2.35. The van der Waals surface area contributed by atoms with E-state index in [-0.39, 0.29) is 11.9 Å². The lowest BCUT2D eigenvalue weighted by atomic mass is 9.96. The number of ether oxygens (including phenoxy) is 1. The zero-order valence-corrected chi connectivity index (χ0v) is 13.7. The molecule has 6 heteroatoms. The van der Waals surface area contributed by atoms with Gasteiger partial charge in [0.25, 0.3) is 5.91 Å². The molecule has 0 saturated heterocycles.